The van der Waals surface area contributed by atoms with Crippen molar-refractivity contribution in [2.24, 2.45) is 0 Å². The maximum absolute atomic E-state index is 12.8. The van der Waals surface area contributed by atoms with Crippen molar-refractivity contribution in [3.63, 3.8) is 0 Å². The molecule has 130 valence electrons. The maximum Gasteiger partial charge on any atom is 0.253 e. The SMILES string of the molecule is Cc1nc(CN2CCN(C(=O)C3=Cc4ccccc4OC3)CC2)no1. The van der Waals surface area contributed by atoms with Crippen LogP contribution in [0.3, 0.4) is 0 Å². The number of para-hydroxylation sites is 1. The number of aromatic nitrogens is 2. The fourth-order valence-corrected chi connectivity index (χ4v) is 3.16. The molecule has 0 bridgehead atoms. The van der Waals surface area contributed by atoms with Gasteiger partial charge < -0.3 is 14.2 Å². The van der Waals surface area contributed by atoms with E-state index in [4.69, 9.17) is 9.26 Å². The first-order valence-corrected chi connectivity index (χ1v) is 8.42. The molecule has 1 saturated heterocycles. The van der Waals surface area contributed by atoms with Crippen molar-refractivity contribution in [1.29, 1.82) is 0 Å². The number of rotatable bonds is 3. The average molecular weight is 340 g/mol. The van der Waals surface area contributed by atoms with Gasteiger partial charge in [-0.1, -0.05) is 23.4 Å². The summed E-state index contributed by atoms with van der Waals surface area (Å²) < 4.78 is 10.7. The molecule has 1 fully saturated rings. The molecule has 3 heterocycles. The molecule has 0 atom stereocenters. The third kappa shape index (κ3) is 3.41. The second-order valence-corrected chi connectivity index (χ2v) is 6.29. The minimum Gasteiger partial charge on any atom is -0.488 e. The molecule has 1 aromatic heterocycles. The van der Waals surface area contributed by atoms with Crippen LogP contribution in [0, 0.1) is 6.92 Å². The molecule has 0 aliphatic carbocycles. The van der Waals surface area contributed by atoms with E-state index in [1.54, 1.807) is 6.92 Å². The van der Waals surface area contributed by atoms with Crippen molar-refractivity contribution >= 4 is 12.0 Å². The monoisotopic (exact) mass is 340 g/mol. The van der Waals surface area contributed by atoms with Gasteiger partial charge in [0.25, 0.3) is 5.91 Å². The van der Waals surface area contributed by atoms with E-state index >= 15 is 0 Å². The van der Waals surface area contributed by atoms with E-state index in [1.165, 1.54) is 0 Å². The second kappa shape index (κ2) is 6.68. The Morgan fingerprint density at radius 3 is 2.76 bits per heavy atom. The van der Waals surface area contributed by atoms with Crippen LogP contribution in [-0.2, 0) is 11.3 Å². The molecule has 2 aliphatic rings. The lowest BCUT2D eigenvalue weighted by Gasteiger charge is -2.34. The van der Waals surface area contributed by atoms with Gasteiger partial charge in [0, 0.05) is 38.7 Å². The largest absolute Gasteiger partial charge is 0.488 e. The predicted molar refractivity (Wildman–Crippen MR) is 90.8 cm³/mol. The maximum atomic E-state index is 12.8. The quantitative estimate of drug-likeness (QED) is 0.843. The Bertz CT molecular complexity index is 806. The van der Waals surface area contributed by atoms with Gasteiger partial charge in [-0.3, -0.25) is 9.69 Å². The van der Waals surface area contributed by atoms with Crippen LogP contribution in [0.4, 0.5) is 0 Å². The minimum atomic E-state index is 0.0598. The van der Waals surface area contributed by atoms with Gasteiger partial charge in [-0.15, -0.1) is 0 Å². The number of carbonyl (C=O) groups excluding carboxylic acids is 1. The van der Waals surface area contributed by atoms with Gasteiger partial charge in [0.1, 0.15) is 12.4 Å². The summed E-state index contributed by atoms with van der Waals surface area (Å²) in [4.78, 5) is 21.1. The lowest BCUT2D eigenvalue weighted by molar-refractivity contribution is -0.129. The Labute approximate surface area is 145 Å². The summed E-state index contributed by atoms with van der Waals surface area (Å²) in [5.41, 5.74) is 1.67. The Kier molecular flexibility index (Phi) is 4.23. The molecule has 2 aliphatic heterocycles. The van der Waals surface area contributed by atoms with Crippen LogP contribution in [0.1, 0.15) is 17.3 Å². The smallest absolute Gasteiger partial charge is 0.253 e. The lowest BCUT2D eigenvalue weighted by atomic mass is 10.1. The van der Waals surface area contributed by atoms with E-state index in [0.29, 0.717) is 43.5 Å². The first-order valence-electron chi connectivity index (χ1n) is 8.42. The Hall–Kier alpha value is -2.67. The molecular weight excluding hydrogens is 320 g/mol. The number of carbonyl (C=O) groups is 1. The van der Waals surface area contributed by atoms with Crippen molar-refractivity contribution < 1.29 is 14.1 Å². The fourth-order valence-electron chi connectivity index (χ4n) is 3.16. The molecular formula is C18H20N4O3. The van der Waals surface area contributed by atoms with Crippen molar-refractivity contribution in [3.8, 4) is 5.75 Å². The number of hydrogen-bond donors (Lipinski definition) is 0. The number of benzene rings is 1. The topological polar surface area (TPSA) is 71.7 Å². The van der Waals surface area contributed by atoms with E-state index in [0.717, 1.165) is 24.4 Å². The highest BCUT2D eigenvalue weighted by Crippen LogP contribution is 2.26. The molecule has 4 rings (SSSR count). The summed E-state index contributed by atoms with van der Waals surface area (Å²) in [6, 6.07) is 7.77. The summed E-state index contributed by atoms with van der Waals surface area (Å²) in [5.74, 6) is 2.16. The highest BCUT2D eigenvalue weighted by atomic mass is 16.5. The van der Waals surface area contributed by atoms with Crippen LogP contribution in [0.25, 0.3) is 6.08 Å². The summed E-state index contributed by atoms with van der Waals surface area (Å²) in [7, 11) is 0. The minimum absolute atomic E-state index is 0.0598. The number of nitrogens with zero attached hydrogens (tertiary/aromatic N) is 4. The number of hydrogen-bond acceptors (Lipinski definition) is 6. The van der Waals surface area contributed by atoms with E-state index in [-0.39, 0.29) is 5.91 Å². The van der Waals surface area contributed by atoms with Gasteiger partial charge in [0.2, 0.25) is 5.89 Å². The Morgan fingerprint density at radius 1 is 1.20 bits per heavy atom. The molecule has 0 spiro atoms. The molecule has 25 heavy (non-hydrogen) atoms. The summed E-state index contributed by atoms with van der Waals surface area (Å²) in [5, 5.41) is 3.92. The average Bonchev–Trinajstić information content (AvgIpc) is 3.06. The lowest BCUT2D eigenvalue weighted by Crippen LogP contribution is -2.49. The summed E-state index contributed by atoms with van der Waals surface area (Å²) in [6.07, 6.45) is 1.94. The van der Waals surface area contributed by atoms with Crippen LogP contribution in [0.15, 0.2) is 34.4 Å². The Morgan fingerprint density at radius 2 is 2.00 bits per heavy atom. The van der Waals surface area contributed by atoms with Crippen LogP contribution in [-0.4, -0.2) is 58.6 Å². The number of amides is 1. The van der Waals surface area contributed by atoms with Crippen molar-refractivity contribution in [1.82, 2.24) is 19.9 Å². The molecule has 1 aromatic carbocycles. The third-order valence-electron chi connectivity index (χ3n) is 4.50. The van der Waals surface area contributed by atoms with Gasteiger partial charge >= 0.3 is 0 Å². The highest BCUT2D eigenvalue weighted by Gasteiger charge is 2.26. The standard InChI is InChI=1S/C18H20N4O3/c1-13-19-17(20-25-13)11-21-6-8-22(9-7-21)18(23)15-10-14-4-2-3-5-16(14)24-12-15/h2-5,10H,6-9,11-12H2,1H3. The molecule has 2 aromatic rings. The highest BCUT2D eigenvalue weighted by molar-refractivity contribution is 5.99. The molecule has 0 saturated carbocycles. The molecule has 0 unspecified atom stereocenters. The van der Waals surface area contributed by atoms with Gasteiger partial charge in [-0.25, -0.2) is 0 Å². The third-order valence-corrected chi connectivity index (χ3v) is 4.50. The zero-order valence-electron chi connectivity index (χ0n) is 14.1. The van der Waals surface area contributed by atoms with Crippen molar-refractivity contribution in [2.45, 2.75) is 13.5 Å². The summed E-state index contributed by atoms with van der Waals surface area (Å²) in [6.45, 7) is 5.74. The van der Waals surface area contributed by atoms with E-state index < -0.39 is 0 Å². The van der Waals surface area contributed by atoms with Crippen molar-refractivity contribution in [3.05, 3.63) is 47.1 Å². The van der Waals surface area contributed by atoms with E-state index in [2.05, 4.69) is 15.0 Å². The van der Waals surface area contributed by atoms with Crippen LogP contribution >= 0.6 is 0 Å². The van der Waals surface area contributed by atoms with Crippen LogP contribution in [0.5, 0.6) is 5.75 Å². The zero-order valence-corrected chi connectivity index (χ0v) is 14.1. The number of aryl methyl sites for hydroxylation is 1. The van der Waals surface area contributed by atoms with Gasteiger partial charge in [0.15, 0.2) is 5.82 Å². The van der Waals surface area contributed by atoms with E-state index in [9.17, 15) is 4.79 Å². The number of piperazine rings is 1. The van der Waals surface area contributed by atoms with Gasteiger partial charge in [-0.2, -0.15) is 4.98 Å². The first kappa shape index (κ1) is 15.8. The number of ether oxygens (including phenoxy) is 1. The molecule has 0 radical (unpaired) electrons. The molecule has 0 N–H and O–H groups in total. The molecule has 1 amide bonds. The van der Waals surface area contributed by atoms with Crippen LogP contribution in [0.2, 0.25) is 0 Å². The normalized spacial score (nSPS) is 17.6. The summed E-state index contributed by atoms with van der Waals surface area (Å²) >= 11 is 0. The van der Waals surface area contributed by atoms with E-state index in [1.807, 2.05) is 35.2 Å². The number of fused-ring (bicyclic) bond motifs is 1. The molecule has 7 nitrogen and oxygen atoms in total. The predicted octanol–water partition coefficient (Wildman–Crippen LogP) is 1.50. The molecule has 7 heteroatoms. The van der Waals surface area contributed by atoms with Crippen molar-refractivity contribution in [2.75, 3.05) is 32.8 Å². The second-order valence-electron chi connectivity index (χ2n) is 6.29. The first-order chi connectivity index (χ1) is 12.2. The Balaban J connectivity index is 1.36. The van der Waals surface area contributed by atoms with Gasteiger partial charge in [0.05, 0.1) is 12.1 Å². The zero-order chi connectivity index (χ0) is 17.2. The fraction of sp³-hybridized carbons (Fsp3) is 0.389. The van der Waals surface area contributed by atoms with Gasteiger partial charge in [-0.05, 0) is 12.1 Å². The van der Waals surface area contributed by atoms with Crippen LogP contribution < -0.4 is 4.74 Å².